The maximum atomic E-state index is 5.86. The van der Waals surface area contributed by atoms with Crippen molar-refractivity contribution in [1.29, 1.82) is 0 Å². The van der Waals surface area contributed by atoms with Crippen LogP contribution in [0.3, 0.4) is 0 Å². The van der Waals surface area contributed by atoms with E-state index in [1.807, 2.05) is 7.05 Å². The first-order chi connectivity index (χ1) is 8.95. The molecule has 0 saturated heterocycles. The normalized spacial score (nSPS) is 11.6. The Morgan fingerprint density at radius 2 is 1.84 bits per heavy atom. The Bertz CT molecular complexity index is 379. The number of hydrogen-bond donors (Lipinski definition) is 1. The van der Waals surface area contributed by atoms with Crippen molar-refractivity contribution in [3.05, 3.63) is 29.3 Å². The van der Waals surface area contributed by atoms with E-state index in [1.54, 1.807) is 0 Å². The summed E-state index contributed by atoms with van der Waals surface area (Å²) in [6, 6.07) is 6.54. The minimum atomic E-state index is 0.205. The van der Waals surface area contributed by atoms with Crippen molar-refractivity contribution in [3.8, 4) is 5.75 Å². The van der Waals surface area contributed by atoms with Crippen LogP contribution in [0.15, 0.2) is 18.2 Å². The fourth-order valence-electron chi connectivity index (χ4n) is 2.04. The van der Waals surface area contributed by atoms with Gasteiger partial charge in [-0.2, -0.15) is 0 Å². The molecule has 1 aromatic rings. The van der Waals surface area contributed by atoms with E-state index in [0.717, 1.165) is 25.3 Å². The number of unbranched alkanes of at least 4 members (excludes halogenated alkanes) is 2. The van der Waals surface area contributed by atoms with Gasteiger partial charge in [0, 0.05) is 0 Å². The van der Waals surface area contributed by atoms with E-state index >= 15 is 0 Å². The molecular formula is C17H29NO. The standard InChI is InChI=1S/C17H29NO/c1-14-13-15(17(2,3)4)9-10-16(14)19-12-8-6-7-11-18-5/h9-10,13,18H,6-8,11-12H2,1-5H3. The number of rotatable bonds is 7. The smallest absolute Gasteiger partial charge is 0.122 e. The fourth-order valence-corrected chi connectivity index (χ4v) is 2.04. The number of ether oxygens (including phenoxy) is 1. The van der Waals surface area contributed by atoms with Crippen molar-refractivity contribution in [1.82, 2.24) is 5.32 Å². The second-order valence-electron chi connectivity index (χ2n) is 6.24. The molecule has 0 heterocycles. The van der Waals surface area contributed by atoms with Gasteiger partial charge >= 0.3 is 0 Å². The third-order valence-corrected chi connectivity index (χ3v) is 3.37. The Balaban J connectivity index is 2.43. The highest BCUT2D eigenvalue weighted by Crippen LogP contribution is 2.27. The van der Waals surface area contributed by atoms with Gasteiger partial charge < -0.3 is 10.1 Å². The van der Waals surface area contributed by atoms with E-state index in [-0.39, 0.29) is 5.41 Å². The molecule has 0 radical (unpaired) electrons. The van der Waals surface area contributed by atoms with E-state index in [0.29, 0.717) is 0 Å². The van der Waals surface area contributed by atoms with Crippen LogP contribution >= 0.6 is 0 Å². The average Bonchev–Trinajstić information content (AvgIpc) is 2.34. The lowest BCUT2D eigenvalue weighted by Gasteiger charge is -2.20. The molecule has 0 unspecified atom stereocenters. The summed E-state index contributed by atoms with van der Waals surface area (Å²) in [5.74, 6) is 1.03. The van der Waals surface area contributed by atoms with Crippen LogP contribution in [-0.4, -0.2) is 20.2 Å². The summed E-state index contributed by atoms with van der Waals surface area (Å²) in [5, 5.41) is 3.16. The van der Waals surface area contributed by atoms with Crippen LogP contribution in [0.1, 0.15) is 51.2 Å². The van der Waals surface area contributed by atoms with Crippen molar-refractivity contribution < 1.29 is 4.74 Å². The van der Waals surface area contributed by atoms with Crippen molar-refractivity contribution in [2.75, 3.05) is 20.2 Å². The molecule has 19 heavy (non-hydrogen) atoms. The van der Waals surface area contributed by atoms with Crippen LogP contribution in [0.4, 0.5) is 0 Å². The summed E-state index contributed by atoms with van der Waals surface area (Å²) in [6.07, 6.45) is 3.57. The van der Waals surface area contributed by atoms with Crippen molar-refractivity contribution in [2.24, 2.45) is 0 Å². The summed E-state index contributed by atoms with van der Waals surface area (Å²) >= 11 is 0. The summed E-state index contributed by atoms with van der Waals surface area (Å²) in [7, 11) is 2.00. The maximum Gasteiger partial charge on any atom is 0.122 e. The summed E-state index contributed by atoms with van der Waals surface area (Å²) in [6.45, 7) is 10.8. The lowest BCUT2D eigenvalue weighted by atomic mass is 9.86. The quantitative estimate of drug-likeness (QED) is 0.749. The molecule has 0 atom stereocenters. The molecule has 2 nitrogen and oxygen atoms in total. The van der Waals surface area contributed by atoms with Gasteiger partial charge in [-0.15, -0.1) is 0 Å². The van der Waals surface area contributed by atoms with Crippen LogP contribution in [0.25, 0.3) is 0 Å². The van der Waals surface area contributed by atoms with Crippen LogP contribution in [0, 0.1) is 6.92 Å². The zero-order chi connectivity index (χ0) is 14.3. The lowest BCUT2D eigenvalue weighted by Crippen LogP contribution is -2.11. The first-order valence-corrected chi connectivity index (χ1v) is 7.33. The van der Waals surface area contributed by atoms with E-state index in [4.69, 9.17) is 4.74 Å². The molecule has 0 aromatic heterocycles. The third kappa shape index (κ3) is 5.65. The monoisotopic (exact) mass is 263 g/mol. The molecular weight excluding hydrogens is 234 g/mol. The zero-order valence-electron chi connectivity index (χ0n) is 13.2. The molecule has 0 amide bonds. The van der Waals surface area contributed by atoms with Crippen LogP contribution in [0.5, 0.6) is 5.75 Å². The Morgan fingerprint density at radius 3 is 2.42 bits per heavy atom. The highest BCUT2D eigenvalue weighted by Gasteiger charge is 2.14. The van der Waals surface area contributed by atoms with Gasteiger partial charge in [0.25, 0.3) is 0 Å². The van der Waals surface area contributed by atoms with E-state index in [9.17, 15) is 0 Å². The minimum Gasteiger partial charge on any atom is -0.493 e. The number of nitrogens with one attached hydrogen (secondary N) is 1. The van der Waals surface area contributed by atoms with Crippen molar-refractivity contribution in [3.63, 3.8) is 0 Å². The van der Waals surface area contributed by atoms with Gasteiger partial charge in [-0.3, -0.25) is 0 Å². The molecule has 1 aromatic carbocycles. The number of benzene rings is 1. The maximum absolute atomic E-state index is 5.86. The topological polar surface area (TPSA) is 21.3 Å². The Labute approximate surface area is 118 Å². The molecule has 0 bridgehead atoms. The average molecular weight is 263 g/mol. The van der Waals surface area contributed by atoms with Gasteiger partial charge in [0.2, 0.25) is 0 Å². The molecule has 0 fully saturated rings. The van der Waals surface area contributed by atoms with Gasteiger partial charge in [0.15, 0.2) is 0 Å². The Hall–Kier alpha value is -1.02. The predicted octanol–water partition coefficient (Wildman–Crippen LogP) is 4.06. The molecule has 0 aliphatic carbocycles. The minimum absolute atomic E-state index is 0.205. The first-order valence-electron chi connectivity index (χ1n) is 7.33. The van der Waals surface area contributed by atoms with Crippen LogP contribution in [0.2, 0.25) is 0 Å². The Kier molecular flexibility index (Phi) is 6.36. The van der Waals surface area contributed by atoms with E-state index in [2.05, 4.69) is 51.2 Å². The Morgan fingerprint density at radius 1 is 1.11 bits per heavy atom. The molecule has 0 aliphatic heterocycles. The molecule has 1 N–H and O–H groups in total. The zero-order valence-corrected chi connectivity index (χ0v) is 13.2. The van der Waals surface area contributed by atoms with Gasteiger partial charge in [0.1, 0.15) is 5.75 Å². The second kappa shape index (κ2) is 7.54. The first kappa shape index (κ1) is 16.0. The fraction of sp³-hybridized carbons (Fsp3) is 0.647. The molecule has 0 spiro atoms. The van der Waals surface area contributed by atoms with Gasteiger partial charge in [-0.1, -0.05) is 32.9 Å². The third-order valence-electron chi connectivity index (χ3n) is 3.37. The number of aryl methyl sites for hydroxylation is 1. The lowest BCUT2D eigenvalue weighted by molar-refractivity contribution is 0.303. The summed E-state index contributed by atoms with van der Waals surface area (Å²) in [4.78, 5) is 0. The molecule has 0 aliphatic rings. The highest BCUT2D eigenvalue weighted by molar-refractivity contribution is 5.38. The largest absolute Gasteiger partial charge is 0.493 e. The molecule has 2 heteroatoms. The van der Waals surface area contributed by atoms with Gasteiger partial charge in [-0.25, -0.2) is 0 Å². The van der Waals surface area contributed by atoms with E-state index in [1.165, 1.54) is 24.0 Å². The SMILES string of the molecule is CNCCCCCOc1ccc(C(C)(C)C)cc1C. The predicted molar refractivity (Wildman–Crippen MR) is 83.2 cm³/mol. The van der Waals surface area contributed by atoms with Crippen molar-refractivity contribution in [2.45, 2.75) is 52.4 Å². The van der Waals surface area contributed by atoms with Gasteiger partial charge in [0.05, 0.1) is 6.61 Å². The van der Waals surface area contributed by atoms with Crippen LogP contribution in [-0.2, 0) is 5.41 Å². The van der Waals surface area contributed by atoms with Crippen molar-refractivity contribution >= 4 is 0 Å². The van der Waals surface area contributed by atoms with Gasteiger partial charge in [-0.05, 0) is 62.4 Å². The number of hydrogen-bond acceptors (Lipinski definition) is 2. The van der Waals surface area contributed by atoms with E-state index < -0.39 is 0 Å². The highest BCUT2D eigenvalue weighted by atomic mass is 16.5. The van der Waals surface area contributed by atoms with Crippen LogP contribution < -0.4 is 10.1 Å². The second-order valence-corrected chi connectivity index (χ2v) is 6.24. The molecule has 0 saturated carbocycles. The molecule has 1 rings (SSSR count). The summed E-state index contributed by atoms with van der Waals surface area (Å²) < 4.78 is 5.86. The summed E-state index contributed by atoms with van der Waals surface area (Å²) in [5.41, 5.74) is 2.81. The molecule has 108 valence electrons.